The number of nitrogens with one attached hydrogen (secondary N) is 1. The molecule has 5 heteroatoms. The van der Waals surface area contributed by atoms with Crippen molar-refractivity contribution >= 4 is 17.6 Å². The molecule has 0 heterocycles. The number of hydrogen-bond donors (Lipinski definition) is 1. The number of ether oxygens (including phenoxy) is 2. The predicted molar refractivity (Wildman–Crippen MR) is 92.0 cm³/mol. The zero-order valence-corrected chi connectivity index (χ0v) is 14.1. The summed E-state index contributed by atoms with van der Waals surface area (Å²) in [5, 5.41) is 2.74. The molecule has 2 aromatic rings. The van der Waals surface area contributed by atoms with E-state index in [0.717, 1.165) is 16.7 Å². The molecule has 1 amide bonds. The molecule has 0 bridgehead atoms. The van der Waals surface area contributed by atoms with Gasteiger partial charge in [0.15, 0.2) is 6.61 Å². The minimum Gasteiger partial charge on any atom is -0.452 e. The van der Waals surface area contributed by atoms with Crippen LogP contribution in [0.15, 0.2) is 42.5 Å². The van der Waals surface area contributed by atoms with E-state index in [1.165, 1.54) is 0 Å². The summed E-state index contributed by atoms with van der Waals surface area (Å²) in [6.07, 6.45) is 0. The Labute approximate surface area is 141 Å². The number of esters is 1. The van der Waals surface area contributed by atoms with Gasteiger partial charge in [0.05, 0.1) is 12.2 Å². The summed E-state index contributed by atoms with van der Waals surface area (Å²) in [7, 11) is 1.61. The van der Waals surface area contributed by atoms with Gasteiger partial charge in [-0.2, -0.15) is 0 Å². The number of amides is 1. The van der Waals surface area contributed by atoms with E-state index in [0.29, 0.717) is 17.9 Å². The van der Waals surface area contributed by atoms with E-state index in [-0.39, 0.29) is 12.5 Å². The highest BCUT2D eigenvalue weighted by molar-refractivity contribution is 5.95. The Morgan fingerprint density at radius 1 is 1.04 bits per heavy atom. The summed E-state index contributed by atoms with van der Waals surface area (Å²) in [5.74, 6) is -0.902. The molecule has 2 aromatic carbocycles. The Hall–Kier alpha value is -2.66. The fraction of sp³-hybridized carbons (Fsp3) is 0.263. The largest absolute Gasteiger partial charge is 0.452 e. The van der Waals surface area contributed by atoms with Gasteiger partial charge in [0, 0.05) is 12.8 Å². The van der Waals surface area contributed by atoms with Crippen LogP contribution in [-0.4, -0.2) is 25.6 Å². The van der Waals surface area contributed by atoms with Gasteiger partial charge in [-0.05, 0) is 43.2 Å². The zero-order chi connectivity index (χ0) is 17.5. The normalized spacial score (nSPS) is 10.3. The van der Waals surface area contributed by atoms with Crippen LogP contribution < -0.4 is 5.32 Å². The lowest BCUT2D eigenvalue weighted by Gasteiger charge is -2.10. The van der Waals surface area contributed by atoms with Crippen molar-refractivity contribution in [3.63, 3.8) is 0 Å². The maximum atomic E-state index is 11.9. The molecule has 0 aliphatic carbocycles. The smallest absolute Gasteiger partial charge is 0.338 e. The fourth-order valence-electron chi connectivity index (χ4n) is 2.26. The Morgan fingerprint density at radius 3 is 2.38 bits per heavy atom. The van der Waals surface area contributed by atoms with E-state index < -0.39 is 5.97 Å². The van der Waals surface area contributed by atoms with E-state index >= 15 is 0 Å². The van der Waals surface area contributed by atoms with Crippen molar-refractivity contribution < 1.29 is 19.1 Å². The molecule has 5 nitrogen and oxygen atoms in total. The molecule has 24 heavy (non-hydrogen) atoms. The average molecular weight is 327 g/mol. The first-order chi connectivity index (χ1) is 11.5. The molecule has 2 rings (SSSR count). The molecular weight excluding hydrogens is 306 g/mol. The lowest BCUT2D eigenvalue weighted by Crippen LogP contribution is -2.21. The lowest BCUT2D eigenvalue weighted by atomic mass is 10.1. The van der Waals surface area contributed by atoms with Crippen LogP contribution in [-0.2, 0) is 20.9 Å². The number of aryl methyl sites for hydroxylation is 2. The summed E-state index contributed by atoms with van der Waals surface area (Å²) < 4.78 is 10.1. The predicted octanol–water partition coefficient (Wildman–Crippen LogP) is 3.25. The van der Waals surface area contributed by atoms with Crippen LogP contribution in [0, 0.1) is 13.8 Å². The van der Waals surface area contributed by atoms with Gasteiger partial charge in [0.25, 0.3) is 5.91 Å². The number of carbonyl (C=O) groups excluding carboxylic acids is 2. The maximum absolute atomic E-state index is 11.9. The number of carbonyl (C=O) groups is 2. The van der Waals surface area contributed by atoms with Crippen LogP contribution in [0.2, 0.25) is 0 Å². The van der Waals surface area contributed by atoms with Gasteiger partial charge in [-0.1, -0.05) is 29.8 Å². The molecule has 0 saturated heterocycles. The van der Waals surface area contributed by atoms with Gasteiger partial charge in [-0.25, -0.2) is 4.79 Å². The number of anilines is 1. The van der Waals surface area contributed by atoms with Crippen molar-refractivity contribution in [2.45, 2.75) is 20.5 Å². The first kappa shape index (κ1) is 17.7. The Kier molecular flexibility index (Phi) is 6.09. The minimum atomic E-state index is -0.533. The summed E-state index contributed by atoms with van der Waals surface area (Å²) >= 11 is 0. The Balaban J connectivity index is 1.87. The molecule has 0 fully saturated rings. The standard InChI is InChI=1S/C19H21NO4/c1-13-4-9-17(14(2)10-13)20-18(21)12-24-19(22)16-7-5-15(6-8-16)11-23-3/h4-10H,11-12H2,1-3H3,(H,20,21). The molecule has 0 aliphatic rings. The fourth-order valence-corrected chi connectivity index (χ4v) is 2.26. The first-order valence-corrected chi connectivity index (χ1v) is 7.61. The van der Waals surface area contributed by atoms with Gasteiger partial charge in [-0.3, -0.25) is 4.79 Å². The van der Waals surface area contributed by atoms with Gasteiger partial charge >= 0.3 is 5.97 Å². The van der Waals surface area contributed by atoms with E-state index in [1.54, 1.807) is 31.4 Å². The number of methoxy groups -OCH3 is 1. The van der Waals surface area contributed by atoms with Gasteiger partial charge < -0.3 is 14.8 Å². The summed E-state index contributed by atoms with van der Waals surface area (Å²) in [5.41, 5.74) is 4.15. The average Bonchev–Trinajstić information content (AvgIpc) is 2.56. The molecule has 0 spiro atoms. The third kappa shape index (κ3) is 4.93. The number of hydrogen-bond acceptors (Lipinski definition) is 4. The number of rotatable bonds is 6. The molecule has 0 aliphatic heterocycles. The van der Waals surface area contributed by atoms with Crippen LogP contribution in [0.1, 0.15) is 27.0 Å². The van der Waals surface area contributed by atoms with Gasteiger partial charge in [-0.15, -0.1) is 0 Å². The third-order valence-corrected chi connectivity index (χ3v) is 3.49. The number of benzene rings is 2. The Morgan fingerprint density at radius 2 is 1.75 bits per heavy atom. The second kappa shape index (κ2) is 8.26. The molecular formula is C19H21NO4. The third-order valence-electron chi connectivity index (χ3n) is 3.49. The van der Waals surface area contributed by atoms with Crippen LogP contribution in [0.3, 0.4) is 0 Å². The van der Waals surface area contributed by atoms with Crippen LogP contribution >= 0.6 is 0 Å². The van der Waals surface area contributed by atoms with Gasteiger partial charge in [0.1, 0.15) is 0 Å². The molecule has 0 aromatic heterocycles. The van der Waals surface area contributed by atoms with Gasteiger partial charge in [0.2, 0.25) is 0 Å². The van der Waals surface area contributed by atoms with Crippen LogP contribution in [0.25, 0.3) is 0 Å². The summed E-state index contributed by atoms with van der Waals surface area (Å²) in [6.45, 7) is 4.05. The highest BCUT2D eigenvalue weighted by atomic mass is 16.5. The van der Waals surface area contributed by atoms with Crippen molar-refractivity contribution in [3.05, 3.63) is 64.7 Å². The summed E-state index contributed by atoms with van der Waals surface area (Å²) in [4.78, 5) is 23.9. The lowest BCUT2D eigenvalue weighted by molar-refractivity contribution is -0.119. The minimum absolute atomic E-state index is 0.327. The van der Waals surface area contributed by atoms with E-state index in [4.69, 9.17) is 9.47 Å². The maximum Gasteiger partial charge on any atom is 0.338 e. The van der Waals surface area contributed by atoms with Crippen molar-refractivity contribution in [2.24, 2.45) is 0 Å². The van der Waals surface area contributed by atoms with E-state index in [9.17, 15) is 9.59 Å². The monoisotopic (exact) mass is 327 g/mol. The van der Waals surface area contributed by atoms with E-state index in [1.807, 2.05) is 32.0 Å². The van der Waals surface area contributed by atoms with Crippen molar-refractivity contribution in [1.29, 1.82) is 0 Å². The SMILES string of the molecule is COCc1ccc(C(=O)OCC(=O)Nc2ccc(C)cc2C)cc1. The molecule has 0 radical (unpaired) electrons. The van der Waals surface area contributed by atoms with E-state index in [2.05, 4.69) is 5.32 Å². The second-order valence-electron chi connectivity index (χ2n) is 5.57. The second-order valence-corrected chi connectivity index (χ2v) is 5.57. The highest BCUT2D eigenvalue weighted by Crippen LogP contribution is 2.16. The zero-order valence-electron chi connectivity index (χ0n) is 14.1. The molecule has 1 N–H and O–H groups in total. The van der Waals surface area contributed by atoms with Crippen molar-refractivity contribution in [3.8, 4) is 0 Å². The van der Waals surface area contributed by atoms with Crippen LogP contribution in [0.5, 0.6) is 0 Å². The first-order valence-electron chi connectivity index (χ1n) is 7.61. The Bertz CT molecular complexity index is 723. The highest BCUT2D eigenvalue weighted by Gasteiger charge is 2.11. The van der Waals surface area contributed by atoms with Crippen molar-refractivity contribution in [1.82, 2.24) is 0 Å². The molecule has 126 valence electrons. The van der Waals surface area contributed by atoms with Crippen molar-refractivity contribution in [2.75, 3.05) is 19.0 Å². The summed E-state index contributed by atoms with van der Waals surface area (Å²) in [6, 6.07) is 12.6. The topological polar surface area (TPSA) is 64.6 Å². The van der Waals surface area contributed by atoms with Crippen LogP contribution in [0.4, 0.5) is 5.69 Å². The molecule has 0 saturated carbocycles. The molecule has 0 unspecified atom stereocenters. The molecule has 0 atom stereocenters. The quantitative estimate of drug-likeness (QED) is 0.827.